The minimum Gasteiger partial charge on any atom is -0.233 e. The number of nitro groups is 1. The summed E-state index contributed by atoms with van der Waals surface area (Å²) < 4.78 is 0. The molecule has 5 nitrogen and oxygen atoms in total. The zero-order valence-electron chi connectivity index (χ0n) is 4.24. The van der Waals surface area contributed by atoms with E-state index in [0.717, 1.165) is 11.6 Å². The lowest BCUT2D eigenvalue weighted by Gasteiger charge is -2.00. The van der Waals surface area contributed by atoms with Gasteiger partial charge in [0.25, 0.3) is 0 Å². The number of hydrogen-bond acceptors (Lipinski definition) is 3. The van der Waals surface area contributed by atoms with E-state index >= 15 is 0 Å². The van der Waals surface area contributed by atoms with E-state index in [2.05, 4.69) is 4.84 Å². The summed E-state index contributed by atoms with van der Waals surface area (Å²) in [5, 5.41) is 10.0. The van der Waals surface area contributed by atoms with Crippen LogP contribution < -0.4 is 0 Å². The smallest absolute Gasteiger partial charge is 0.187 e. The summed E-state index contributed by atoms with van der Waals surface area (Å²) >= 11 is 0. The minimum absolute atomic E-state index is 0.410. The van der Waals surface area contributed by atoms with Gasteiger partial charge in [-0.2, -0.15) is 0 Å². The maximum atomic E-state index is 9.81. The van der Waals surface area contributed by atoms with Gasteiger partial charge in [0.05, 0.1) is 6.61 Å². The van der Waals surface area contributed by atoms with Crippen LogP contribution in [0.2, 0.25) is 0 Å². The molecule has 1 fully saturated rings. The second-order valence-electron chi connectivity index (χ2n) is 1.50. The summed E-state index contributed by atoms with van der Waals surface area (Å²) in [6.45, 7) is 0.883. The van der Waals surface area contributed by atoms with E-state index in [4.69, 9.17) is 0 Å². The maximum absolute atomic E-state index is 9.81. The van der Waals surface area contributed by atoms with Crippen LogP contribution in [-0.2, 0) is 4.84 Å². The van der Waals surface area contributed by atoms with Crippen LogP contribution in [0.4, 0.5) is 0 Å². The molecule has 0 aromatic carbocycles. The maximum Gasteiger partial charge on any atom is 0.187 e. The van der Waals surface area contributed by atoms with Crippen molar-refractivity contribution in [2.45, 2.75) is 6.42 Å². The molecule has 0 aliphatic carbocycles. The highest BCUT2D eigenvalue weighted by Crippen LogP contribution is 2.01. The summed E-state index contributed by atoms with van der Waals surface area (Å²) in [7, 11) is 0. The summed E-state index contributed by atoms with van der Waals surface area (Å²) in [6, 6.07) is 0. The highest BCUT2D eigenvalue weighted by atomic mass is 16.8. The van der Waals surface area contributed by atoms with Crippen molar-refractivity contribution in [2.75, 3.05) is 13.2 Å². The Morgan fingerprint density at radius 2 is 2.50 bits per heavy atom. The van der Waals surface area contributed by atoms with E-state index in [-0.39, 0.29) is 0 Å². The molecule has 0 radical (unpaired) electrons. The van der Waals surface area contributed by atoms with Gasteiger partial charge in [-0.3, -0.25) is 0 Å². The standard InChI is InChI=1S/C3H6N2O3/c6-5(7)4-2-1-3-8-4/h1-3H2. The highest BCUT2D eigenvalue weighted by Gasteiger charge is 2.20. The largest absolute Gasteiger partial charge is 0.233 e. The van der Waals surface area contributed by atoms with E-state index in [9.17, 15) is 10.1 Å². The molecular weight excluding hydrogens is 112 g/mol. The van der Waals surface area contributed by atoms with Crippen molar-refractivity contribution in [1.82, 2.24) is 5.17 Å². The fraction of sp³-hybridized carbons (Fsp3) is 1.00. The van der Waals surface area contributed by atoms with Gasteiger partial charge in [-0.25, -0.2) is 15.0 Å². The lowest BCUT2D eigenvalue weighted by molar-refractivity contribution is -0.724. The fourth-order valence-electron chi connectivity index (χ4n) is 0.563. The molecule has 8 heavy (non-hydrogen) atoms. The van der Waals surface area contributed by atoms with Crippen LogP contribution in [0.25, 0.3) is 0 Å². The van der Waals surface area contributed by atoms with Gasteiger partial charge in [0.2, 0.25) is 0 Å². The van der Waals surface area contributed by atoms with Gasteiger partial charge >= 0.3 is 0 Å². The third kappa shape index (κ3) is 0.865. The first-order chi connectivity index (χ1) is 3.80. The van der Waals surface area contributed by atoms with Gasteiger partial charge in [0.15, 0.2) is 5.03 Å². The Morgan fingerprint density at radius 1 is 1.75 bits per heavy atom. The van der Waals surface area contributed by atoms with Crippen molar-refractivity contribution >= 4 is 0 Å². The Bertz CT molecular complexity index is 98.7. The van der Waals surface area contributed by atoms with Crippen LogP contribution in [0.3, 0.4) is 0 Å². The van der Waals surface area contributed by atoms with Crippen molar-refractivity contribution in [2.24, 2.45) is 0 Å². The third-order valence-corrected chi connectivity index (χ3v) is 0.916. The van der Waals surface area contributed by atoms with Gasteiger partial charge in [-0.15, -0.1) is 0 Å². The summed E-state index contributed by atoms with van der Waals surface area (Å²) in [5.41, 5.74) is 0. The number of hydrazine groups is 1. The minimum atomic E-state index is -0.549. The molecule has 0 spiro atoms. The average Bonchev–Trinajstić information content (AvgIpc) is 2.12. The fourth-order valence-corrected chi connectivity index (χ4v) is 0.563. The molecule has 0 aromatic rings. The molecule has 1 saturated heterocycles. The van der Waals surface area contributed by atoms with Crippen molar-refractivity contribution in [1.29, 1.82) is 0 Å². The van der Waals surface area contributed by atoms with Crippen LogP contribution in [0, 0.1) is 10.1 Å². The molecular formula is C3H6N2O3. The second kappa shape index (κ2) is 1.95. The molecule has 1 aliphatic rings. The first kappa shape index (κ1) is 5.30. The van der Waals surface area contributed by atoms with Gasteiger partial charge in [-0.1, -0.05) is 0 Å². The SMILES string of the molecule is O=[N+]([O-])N1CCCO1. The Hall–Kier alpha value is -0.840. The van der Waals surface area contributed by atoms with Crippen LogP contribution in [0.15, 0.2) is 0 Å². The lowest BCUT2D eigenvalue weighted by atomic mass is 10.5. The number of nitrogens with zero attached hydrogens (tertiary/aromatic N) is 2. The second-order valence-corrected chi connectivity index (χ2v) is 1.50. The summed E-state index contributed by atoms with van der Waals surface area (Å²) in [5.74, 6) is 0. The van der Waals surface area contributed by atoms with Crippen molar-refractivity contribution in [3.05, 3.63) is 10.1 Å². The highest BCUT2D eigenvalue weighted by molar-refractivity contribution is 4.41. The molecule has 0 bridgehead atoms. The molecule has 0 aromatic heterocycles. The number of hydroxylamine groups is 1. The number of hydrogen-bond donors (Lipinski definition) is 0. The van der Waals surface area contributed by atoms with Gasteiger partial charge < -0.3 is 0 Å². The van der Waals surface area contributed by atoms with Crippen LogP contribution >= 0.6 is 0 Å². The van der Waals surface area contributed by atoms with Crippen LogP contribution in [0.5, 0.6) is 0 Å². The normalized spacial score (nSPS) is 19.2. The monoisotopic (exact) mass is 118 g/mol. The van der Waals surface area contributed by atoms with E-state index in [1.54, 1.807) is 0 Å². The zero-order valence-corrected chi connectivity index (χ0v) is 4.24. The molecule has 1 heterocycles. The molecule has 0 atom stereocenters. The quantitative estimate of drug-likeness (QED) is 0.354. The molecule has 0 saturated carbocycles. The van der Waals surface area contributed by atoms with E-state index in [1.807, 2.05) is 0 Å². The first-order valence-electron chi connectivity index (χ1n) is 2.35. The average molecular weight is 118 g/mol. The Morgan fingerprint density at radius 3 is 2.75 bits per heavy atom. The predicted octanol–water partition coefficient (Wildman–Crippen LogP) is -0.185. The molecule has 5 heteroatoms. The van der Waals surface area contributed by atoms with E-state index in [0.29, 0.717) is 13.2 Å². The van der Waals surface area contributed by atoms with Crippen molar-refractivity contribution < 1.29 is 9.87 Å². The van der Waals surface area contributed by atoms with Gasteiger partial charge in [0, 0.05) is 5.17 Å². The van der Waals surface area contributed by atoms with E-state index < -0.39 is 5.03 Å². The van der Waals surface area contributed by atoms with E-state index in [1.165, 1.54) is 0 Å². The van der Waals surface area contributed by atoms with Gasteiger partial charge in [-0.05, 0) is 6.42 Å². The first-order valence-corrected chi connectivity index (χ1v) is 2.35. The third-order valence-electron chi connectivity index (χ3n) is 0.916. The zero-order chi connectivity index (χ0) is 5.98. The van der Waals surface area contributed by atoms with Gasteiger partial charge in [0.1, 0.15) is 6.54 Å². The molecule has 0 N–H and O–H groups in total. The lowest BCUT2D eigenvalue weighted by Crippen LogP contribution is -2.24. The molecule has 46 valence electrons. The van der Waals surface area contributed by atoms with Crippen LogP contribution in [-0.4, -0.2) is 23.4 Å². The Kier molecular flexibility index (Phi) is 1.29. The predicted molar refractivity (Wildman–Crippen MR) is 24.3 cm³/mol. The Labute approximate surface area is 45.9 Å². The summed E-state index contributed by atoms with van der Waals surface area (Å²) in [4.78, 5) is 14.4. The van der Waals surface area contributed by atoms with Crippen LogP contribution in [0.1, 0.15) is 6.42 Å². The molecule has 1 aliphatic heterocycles. The Balaban J connectivity index is 2.35. The molecule has 1 rings (SSSR count). The summed E-state index contributed by atoms with van der Waals surface area (Å²) in [6.07, 6.45) is 0.751. The number of rotatable bonds is 1. The molecule has 0 unspecified atom stereocenters. The topological polar surface area (TPSA) is 55.6 Å². The van der Waals surface area contributed by atoms with Crippen molar-refractivity contribution in [3.63, 3.8) is 0 Å². The molecule has 0 amide bonds. The van der Waals surface area contributed by atoms with Crippen molar-refractivity contribution in [3.8, 4) is 0 Å².